The van der Waals surface area contributed by atoms with Gasteiger partial charge < -0.3 is 11.1 Å². The Morgan fingerprint density at radius 1 is 1.31 bits per heavy atom. The van der Waals surface area contributed by atoms with Crippen LogP contribution in [0.1, 0.15) is 13.8 Å². The highest BCUT2D eigenvalue weighted by atomic mass is 35.5. The summed E-state index contributed by atoms with van der Waals surface area (Å²) < 4.78 is 0. The van der Waals surface area contributed by atoms with Gasteiger partial charge in [-0.1, -0.05) is 25.4 Å². The number of hydrogen-bond donors (Lipinski definition) is 2. The quantitative estimate of drug-likeness (QED) is 0.880. The van der Waals surface area contributed by atoms with Crippen LogP contribution in [0.4, 0.5) is 5.69 Å². The van der Waals surface area contributed by atoms with Crippen LogP contribution in [0.5, 0.6) is 0 Å². The van der Waals surface area contributed by atoms with Crippen molar-refractivity contribution in [3.8, 4) is 0 Å². The Bertz CT molecular complexity index is 338. The summed E-state index contributed by atoms with van der Waals surface area (Å²) in [4.78, 5) is 11.6. The molecule has 0 heterocycles. The van der Waals surface area contributed by atoms with Gasteiger partial charge in [-0.2, -0.15) is 0 Å². The van der Waals surface area contributed by atoms with E-state index >= 15 is 0 Å². The van der Waals surface area contributed by atoms with E-state index in [1.54, 1.807) is 24.3 Å². The van der Waals surface area contributed by atoms with Crippen LogP contribution in [0.3, 0.4) is 0 Å². The molecule has 16 heavy (non-hydrogen) atoms. The van der Waals surface area contributed by atoms with E-state index in [1.165, 1.54) is 0 Å². The molecule has 0 aromatic heterocycles. The van der Waals surface area contributed by atoms with Gasteiger partial charge in [-0.25, -0.2) is 0 Å². The molecule has 0 aliphatic carbocycles. The number of hydrogen-bond acceptors (Lipinski definition) is 2. The lowest BCUT2D eigenvalue weighted by Crippen LogP contribution is -2.39. The zero-order valence-corrected chi connectivity index (χ0v) is 10.8. The first kappa shape index (κ1) is 15.2. The molecule has 0 aliphatic rings. The number of nitrogens with two attached hydrogens (primary N) is 1. The number of carbonyl (C=O) groups is 1. The number of anilines is 1. The first-order valence-corrected chi connectivity index (χ1v) is 5.20. The number of nitrogens with one attached hydrogen (secondary N) is 1. The molecule has 3 N–H and O–H groups in total. The van der Waals surface area contributed by atoms with Gasteiger partial charge in [0.2, 0.25) is 5.91 Å². The zero-order chi connectivity index (χ0) is 11.4. The summed E-state index contributed by atoms with van der Waals surface area (Å²) in [6, 6.07) is 6.44. The summed E-state index contributed by atoms with van der Waals surface area (Å²) in [6.07, 6.45) is 0. The van der Waals surface area contributed by atoms with Crippen molar-refractivity contribution in [2.24, 2.45) is 11.7 Å². The molecule has 0 fully saturated rings. The fraction of sp³-hybridized carbons (Fsp3) is 0.364. The predicted octanol–water partition coefficient (Wildman–Crippen LogP) is 2.68. The van der Waals surface area contributed by atoms with E-state index in [1.807, 2.05) is 13.8 Å². The minimum Gasteiger partial charge on any atom is -0.325 e. The molecule has 90 valence electrons. The second kappa shape index (κ2) is 6.74. The molecule has 3 nitrogen and oxygen atoms in total. The van der Waals surface area contributed by atoms with Crippen molar-refractivity contribution in [2.45, 2.75) is 19.9 Å². The first-order valence-electron chi connectivity index (χ1n) is 4.82. The monoisotopic (exact) mass is 262 g/mol. The number of halogens is 2. The van der Waals surface area contributed by atoms with Gasteiger partial charge in [0.25, 0.3) is 0 Å². The molecule has 0 saturated heterocycles. The van der Waals surface area contributed by atoms with Gasteiger partial charge in [0.1, 0.15) is 0 Å². The van der Waals surface area contributed by atoms with E-state index in [4.69, 9.17) is 17.3 Å². The van der Waals surface area contributed by atoms with E-state index in [0.717, 1.165) is 0 Å². The molecular formula is C11H16Cl2N2O. The summed E-state index contributed by atoms with van der Waals surface area (Å²) in [6.45, 7) is 3.82. The molecule has 5 heteroatoms. The van der Waals surface area contributed by atoms with Gasteiger partial charge in [-0.05, 0) is 30.2 Å². The van der Waals surface area contributed by atoms with E-state index in [0.29, 0.717) is 10.7 Å². The van der Waals surface area contributed by atoms with Gasteiger partial charge in [0, 0.05) is 10.7 Å². The van der Waals surface area contributed by atoms with Crippen LogP contribution in [0.25, 0.3) is 0 Å². The Morgan fingerprint density at radius 2 is 1.81 bits per heavy atom. The first-order chi connectivity index (χ1) is 7.00. The third-order valence-electron chi connectivity index (χ3n) is 2.13. The normalized spacial score (nSPS) is 11.8. The lowest BCUT2D eigenvalue weighted by atomic mass is 10.1. The van der Waals surface area contributed by atoms with Crippen LogP contribution >= 0.6 is 24.0 Å². The molecule has 1 amide bonds. The van der Waals surface area contributed by atoms with Crippen molar-refractivity contribution >= 4 is 35.6 Å². The van der Waals surface area contributed by atoms with E-state index in [2.05, 4.69) is 5.32 Å². The second-order valence-corrected chi connectivity index (χ2v) is 4.20. The Balaban J connectivity index is 0.00000225. The maximum absolute atomic E-state index is 11.6. The topological polar surface area (TPSA) is 55.1 Å². The Kier molecular flexibility index (Phi) is 6.41. The maximum Gasteiger partial charge on any atom is 0.241 e. The molecule has 1 aromatic carbocycles. The molecule has 0 radical (unpaired) electrons. The van der Waals surface area contributed by atoms with E-state index in [-0.39, 0.29) is 24.2 Å². The average molecular weight is 263 g/mol. The molecule has 1 rings (SSSR count). The zero-order valence-electron chi connectivity index (χ0n) is 9.24. The van der Waals surface area contributed by atoms with Crippen molar-refractivity contribution in [2.75, 3.05) is 5.32 Å². The van der Waals surface area contributed by atoms with Crippen molar-refractivity contribution in [1.82, 2.24) is 0 Å². The maximum atomic E-state index is 11.6. The third kappa shape index (κ3) is 4.39. The van der Waals surface area contributed by atoms with Gasteiger partial charge in [0.15, 0.2) is 0 Å². The van der Waals surface area contributed by atoms with Crippen LogP contribution in [-0.4, -0.2) is 11.9 Å². The van der Waals surface area contributed by atoms with Crippen LogP contribution in [-0.2, 0) is 4.79 Å². The lowest BCUT2D eigenvalue weighted by molar-refractivity contribution is -0.118. The number of rotatable bonds is 3. The Morgan fingerprint density at radius 3 is 2.25 bits per heavy atom. The van der Waals surface area contributed by atoms with E-state index < -0.39 is 6.04 Å². The molecule has 0 saturated carbocycles. The van der Waals surface area contributed by atoms with Crippen LogP contribution in [0.2, 0.25) is 5.02 Å². The van der Waals surface area contributed by atoms with Gasteiger partial charge in [0.05, 0.1) is 6.04 Å². The SMILES string of the molecule is CC(C)[C@@H](N)C(=O)Nc1ccc(Cl)cc1.Cl. The molecule has 0 bridgehead atoms. The highest BCUT2D eigenvalue weighted by Crippen LogP contribution is 2.14. The van der Waals surface area contributed by atoms with Crippen LogP contribution in [0, 0.1) is 5.92 Å². The molecule has 1 aromatic rings. The second-order valence-electron chi connectivity index (χ2n) is 3.77. The van der Waals surface area contributed by atoms with Crippen molar-refractivity contribution in [3.05, 3.63) is 29.3 Å². The van der Waals surface area contributed by atoms with Crippen LogP contribution in [0.15, 0.2) is 24.3 Å². The largest absolute Gasteiger partial charge is 0.325 e. The van der Waals surface area contributed by atoms with Crippen molar-refractivity contribution < 1.29 is 4.79 Å². The highest BCUT2D eigenvalue weighted by molar-refractivity contribution is 6.30. The number of amides is 1. The number of benzene rings is 1. The molecule has 0 aliphatic heterocycles. The predicted molar refractivity (Wildman–Crippen MR) is 70.1 cm³/mol. The summed E-state index contributed by atoms with van der Waals surface area (Å²) in [5, 5.41) is 3.37. The van der Waals surface area contributed by atoms with Crippen LogP contribution < -0.4 is 11.1 Å². The number of carbonyl (C=O) groups excluding carboxylic acids is 1. The average Bonchev–Trinajstić information content (AvgIpc) is 2.20. The fourth-order valence-electron chi connectivity index (χ4n) is 1.06. The van der Waals surface area contributed by atoms with Gasteiger partial charge in [-0.15, -0.1) is 12.4 Å². The Labute approximate surface area is 107 Å². The van der Waals surface area contributed by atoms with Crippen molar-refractivity contribution in [1.29, 1.82) is 0 Å². The highest BCUT2D eigenvalue weighted by Gasteiger charge is 2.16. The summed E-state index contributed by atoms with van der Waals surface area (Å²) in [5.74, 6) is -0.0513. The smallest absolute Gasteiger partial charge is 0.241 e. The Hall–Kier alpha value is -0.770. The van der Waals surface area contributed by atoms with Gasteiger partial charge >= 0.3 is 0 Å². The fourth-order valence-corrected chi connectivity index (χ4v) is 1.19. The molecular weight excluding hydrogens is 247 g/mol. The van der Waals surface area contributed by atoms with E-state index in [9.17, 15) is 4.79 Å². The molecule has 1 atom stereocenters. The van der Waals surface area contributed by atoms with Gasteiger partial charge in [-0.3, -0.25) is 4.79 Å². The summed E-state index contributed by atoms with van der Waals surface area (Å²) >= 11 is 5.72. The minimum absolute atomic E-state index is 0. The molecule has 0 spiro atoms. The third-order valence-corrected chi connectivity index (χ3v) is 2.38. The standard InChI is InChI=1S/C11H15ClN2O.ClH/c1-7(2)10(13)11(15)14-9-5-3-8(12)4-6-9;/h3-7,10H,13H2,1-2H3,(H,14,15);1H/t10-;/m1./s1. The minimum atomic E-state index is -0.485. The van der Waals surface area contributed by atoms with Crippen molar-refractivity contribution in [3.63, 3.8) is 0 Å². The molecule has 0 unspecified atom stereocenters. The summed E-state index contributed by atoms with van der Waals surface area (Å²) in [5.41, 5.74) is 6.41. The lowest BCUT2D eigenvalue weighted by Gasteiger charge is -2.15. The summed E-state index contributed by atoms with van der Waals surface area (Å²) in [7, 11) is 0.